The molecule has 2 saturated heterocycles. The van der Waals surface area contributed by atoms with Crippen molar-refractivity contribution in [3.05, 3.63) is 0 Å². The van der Waals surface area contributed by atoms with Crippen molar-refractivity contribution in [3.8, 4) is 0 Å². The summed E-state index contributed by atoms with van der Waals surface area (Å²) in [6.45, 7) is 17.1. The van der Waals surface area contributed by atoms with Gasteiger partial charge in [0.15, 0.2) is 6.29 Å². The van der Waals surface area contributed by atoms with Gasteiger partial charge in [-0.3, -0.25) is 4.79 Å². The van der Waals surface area contributed by atoms with Crippen LogP contribution in [0.15, 0.2) is 0 Å². The molecule has 1 amide bonds. The van der Waals surface area contributed by atoms with Crippen LogP contribution < -0.4 is 0 Å². The van der Waals surface area contributed by atoms with E-state index >= 15 is 0 Å². The Bertz CT molecular complexity index is 1260. The van der Waals surface area contributed by atoms with Gasteiger partial charge in [0.25, 0.3) is 0 Å². The summed E-state index contributed by atoms with van der Waals surface area (Å²) in [7, 11) is 0. The van der Waals surface area contributed by atoms with Crippen molar-refractivity contribution >= 4 is 5.91 Å². The highest BCUT2D eigenvalue weighted by atomic mass is 16.7. The smallest absolute Gasteiger partial charge is 0.225 e. The summed E-state index contributed by atoms with van der Waals surface area (Å²) in [4.78, 5) is 15.0. The van der Waals surface area contributed by atoms with Crippen LogP contribution in [0.25, 0.3) is 0 Å². The number of fused-ring (bicyclic) bond motifs is 4. The van der Waals surface area contributed by atoms with Crippen LogP contribution in [0.2, 0.25) is 0 Å². The van der Waals surface area contributed by atoms with E-state index in [1.54, 1.807) is 13.8 Å². The number of carbonyl (C=O) groups excluding carboxylic acids is 1. The Balaban J connectivity index is 1.01. The average Bonchev–Trinajstić information content (AvgIpc) is 3.61. The molecule has 8 fully saturated rings. The lowest BCUT2D eigenvalue weighted by Gasteiger charge is -2.64. The van der Waals surface area contributed by atoms with E-state index in [2.05, 4.69) is 34.6 Å². The minimum Gasteiger partial charge on any atom is -0.390 e. The first kappa shape index (κ1) is 33.4. The highest BCUT2D eigenvalue weighted by Gasteiger charge is 2.84. The number of ether oxygens (including phenoxy) is 3. The van der Waals surface area contributed by atoms with E-state index in [9.17, 15) is 20.1 Å². The van der Waals surface area contributed by atoms with E-state index in [4.69, 9.17) is 14.2 Å². The monoisotopic (exact) mass is 657 g/mol. The highest BCUT2D eigenvalue weighted by molar-refractivity contribution is 5.79. The van der Waals surface area contributed by atoms with Crippen molar-refractivity contribution in [3.63, 3.8) is 0 Å². The van der Waals surface area contributed by atoms with Crippen molar-refractivity contribution in [2.75, 3.05) is 19.7 Å². The number of rotatable bonds is 5. The van der Waals surface area contributed by atoms with Crippen molar-refractivity contribution in [2.45, 2.75) is 162 Å². The molecule has 0 radical (unpaired) electrons. The Labute approximate surface area is 282 Å². The standard InChI is InChI=1S/C39H63NO7/c1-22-19-24(31(41)35(4,5)44)46-30-29(22)36(6)15-16-39-21-38(39)14-13-27(34(2,3)25(38)11-12-26(39)37(36,7)32(30)42)47-28-20-40(17-18-45-28)33(43)23-9-8-10-23/h22-32,41-42,44H,8-21H2,1-7H3/t22-,24?,25+,26?,27?,28?,29?,30?,31?,32+,36?,37-,38?,39?/m1/s1. The minimum atomic E-state index is -1.25. The molecule has 0 aromatic rings. The number of morpholine rings is 1. The van der Waals surface area contributed by atoms with Gasteiger partial charge in [0.05, 0.1) is 43.2 Å². The van der Waals surface area contributed by atoms with E-state index in [-0.39, 0.29) is 52.0 Å². The second-order valence-electron chi connectivity index (χ2n) is 19.5. The molecule has 8 aliphatic rings. The number of aliphatic hydroxyl groups is 3. The molecular formula is C39H63NO7. The normalized spacial score (nSPS) is 52.6. The van der Waals surface area contributed by atoms with Gasteiger partial charge in [0.1, 0.15) is 6.10 Å². The maximum atomic E-state index is 13.0. The number of carbonyl (C=O) groups is 1. The van der Waals surface area contributed by atoms with Gasteiger partial charge in [-0.2, -0.15) is 0 Å². The van der Waals surface area contributed by atoms with Crippen LogP contribution in [0.4, 0.5) is 0 Å². The molecule has 2 heterocycles. The maximum absolute atomic E-state index is 13.0. The zero-order valence-electron chi connectivity index (χ0n) is 30.2. The first-order valence-electron chi connectivity index (χ1n) is 19.3. The summed E-state index contributed by atoms with van der Waals surface area (Å²) in [6, 6.07) is 0. The van der Waals surface area contributed by atoms with Gasteiger partial charge in [0, 0.05) is 17.9 Å². The molecule has 8 rings (SSSR count). The van der Waals surface area contributed by atoms with Gasteiger partial charge >= 0.3 is 0 Å². The van der Waals surface area contributed by atoms with E-state index < -0.39 is 23.9 Å². The van der Waals surface area contributed by atoms with Gasteiger partial charge in [0.2, 0.25) is 5.91 Å². The molecule has 10 unspecified atom stereocenters. The van der Waals surface area contributed by atoms with E-state index in [0.717, 1.165) is 38.5 Å². The van der Waals surface area contributed by atoms with Gasteiger partial charge in [-0.15, -0.1) is 0 Å². The third-order valence-corrected chi connectivity index (χ3v) is 17.0. The van der Waals surface area contributed by atoms with Crippen molar-refractivity contribution in [2.24, 2.45) is 56.7 Å². The van der Waals surface area contributed by atoms with Crippen molar-refractivity contribution < 1.29 is 34.3 Å². The largest absolute Gasteiger partial charge is 0.390 e. The second kappa shape index (κ2) is 10.6. The fraction of sp³-hybridized carbons (Fsp3) is 0.974. The zero-order chi connectivity index (χ0) is 33.5. The molecule has 6 aliphatic carbocycles. The summed E-state index contributed by atoms with van der Waals surface area (Å²) < 4.78 is 19.7. The summed E-state index contributed by atoms with van der Waals surface area (Å²) >= 11 is 0. The molecule has 2 spiro atoms. The molecule has 3 N–H and O–H groups in total. The third kappa shape index (κ3) is 4.36. The Kier molecular flexibility index (Phi) is 7.55. The highest BCUT2D eigenvalue weighted by Crippen LogP contribution is 2.89. The van der Waals surface area contributed by atoms with Crippen LogP contribution in [0.5, 0.6) is 0 Å². The molecule has 2 aliphatic heterocycles. The summed E-state index contributed by atoms with van der Waals surface area (Å²) in [5, 5.41) is 34.1. The number of hydrogen-bond acceptors (Lipinski definition) is 7. The molecule has 0 aromatic heterocycles. The Morgan fingerprint density at radius 2 is 1.70 bits per heavy atom. The predicted molar refractivity (Wildman–Crippen MR) is 177 cm³/mol. The van der Waals surface area contributed by atoms with Crippen molar-refractivity contribution in [1.82, 2.24) is 4.90 Å². The van der Waals surface area contributed by atoms with Crippen LogP contribution >= 0.6 is 0 Å². The summed E-state index contributed by atoms with van der Waals surface area (Å²) in [6.07, 6.45) is 9.39. The first-order valence-corrected chi connectivity index (χ1v) is 19.3. The van der Waals surface area contributed by atoms with Crippen LogP contribution in [0.1, 0.15) is 119 Å². The van der Waals surface area contributed by atoms with Crippen molar-refractivity contribution in [1.29, 1.82) is 0 Å². The summed E-state index contributed by atoms with van der Waals surface area (Å²) in [5.74, 6) is 2.05. The first-order chi connectivity index (χ1) is 22.0. The van der Waals surface area contributed by atoms with Crippen LogP contribution in [-0.2, 0) is 19.0 Å². The molecule has 0 bridgehead atoms. The molecule has 266 valence electrons. The van der Waals surface area contributed by atoms with Gasteiger partial charge < -0.3 is 34.4 Å². The van der Waals surface area contributed by atoms with Crippen LogP contribution in [-0.4, -0.2) is 88.2 Å². The minimum absolute atomic E-state index is 0.00163. The zero-order valence-corrected chi connectivity index (χ0v) is 30.2. The molecule has 0 aromatic carbocycles. The second-order valence-corrected chi connectivity index (χ2v) is 19.5. The lowest BCUT2D eigenvalue weighted by molar-refractivity contribution is -0.248. The molecular weight excluding hydrogens is 594 g/mol. The number of amides is 1. The van der Waals surface area contributed by atoms with Crippen LogP contribution in [0.3, 0.4) is 0 Å². The Morgan fingerprint density at radius 1 is 1.00 bits per heavy atom. The Hall–Kier alpha value is -0.770. The molecule has 8 heteroatoms. The van der Waals surface area contributed by atoms with Gasteiger partial charge in [-0.25, -0.2) is 0 Å². The number of aliphatic hydroxyl groups excluding tert-OH is 2. The molecule has 6 saturated carbocycles. The lowest BCUT2D eigenvalue weighted by atomic mass is 9.41. The number of nitrogens with zero attached hydrogens (tertiary/aromatic N) is 1. The topological polar surface area (TPSA) is 109 Å². The SMILES string of the molecule is C[C@@H]1CC(C(O)C(C)(C)O)OC2C1C1(C)CCC34CC35CCC(OC3CN(C(=O)C6CCC6)CCO3)C(C)(C)[C@@H]5CCC4[C@]1(C)[C@H]2O. The molecule has 14 atom stereocenters. The third-order valence-electron chi connectivity index (χ3n) is 17.0. The Morgan fingerprint density at radius 3 is 2.38 bits per heavy atom. The maximum Gasteiger partial charge on any atom is 0.225 e. The fourth-order valence-corrected chi connectivity index (χ4v) is 14.2. The molecule has 47 heavy (non-hydrogen) atoms. The van der Waals surface area contributed by atoms with Gasteiger partial charge in [-0.05, 0) is 123 Å². The van der Waals surface area contributed by atoms with E-state index in [1.165, 1.54) is 25.7 Å². The quantitative estimate of drug-likeness (QED) is 0.368. The van der Waals surface area contributed by atoms with E-state index in [0.29, 0.717) is 55.2 Å². The lowest BCUT2D eigenvalue weighted by Crippen LogP contribution is -2.60. The molecule has 8 nitrogen and oxygen atoms in total. The number of hydrogen-bond donors (Lipinski definition) is 3. The van der Waals surface area contributed by atoms with Crippen LogP contribution in [0, 0.1) is 56.7 Å². The average molecular weight is 658 g/mol. The predicted octanol–water partition coefficient (Wildman–Crippen LogP) is 5.30. The summed E-state index contributed by atoms with van der Waals surface area (Å²) in [5.41, 5.74) is -1.01. The van der Waals surface area contributed by atoms with E-state index in [1.807, 2.05) is 4.90 Å². The fourth-order valence-electron chi connectivity index (χ4n) is 14.2. The van der Waals surface area contributed by atoms with Gasteiger partial charge in [-0.1, -0.05) is 41.0 Å².